The van der Waals surface area contributed by atoms with Crippen molar-refractivity contribution < 1.29 is 17.5 Å². The number of piperidine rings is 1. The lowest BCUT2D eigenvalue weighted by Gasteiger charge is -2.26. The fourth-order valence-electron chi connectivity index (χ4n) is 4.81. The number of nitrogens with zero attached hydrogens (tertiary/aromatic N) is 5. The van der Waals surface area contributed by atoms with Crippen LogP contribution in [0.4, 0.5) is 10.2 Å². The summed E-state index contributed by atoms with van der Waals surface area (Å²) in [4.78, 5) is 15.7. The van der Waals surface area contributed by atoms with Crippen molar-refractivity contribution in [3.8, 4) is 11.7 Å². The van der Waals surface area contributed by atoms with E-state index in [-0.39, 0.29) is 23.3 Å². The molecule has 0 aliphatic carbocycles. The minimum absolute atomic E-state index is 0.0274. The molecule has 9 nitrogen and oxygen atoms in total. The Morgan fingerprint density at radius 1 is 1.14 bits per heavy atom. The second-order valence-corrected chi connectivity index (χ2v) is 11.6. The van der Waals surface area contributed by atoms with Gasteiger partial charge in [-0.25, -0.2) is 22.8 Å². The highest BCUT2D eigenvalue weighted by Gasteiger charge is 2.26. The summed E-state index contributed by atoms with van der Waals surface area (Å²) < 4.78 is 46.7. The molecule has 2 saturated heterocycles. The van der Waals surface area contributed by atoms with Gasteiger partial charge in [-0.1, -0.05) is 6.42 Å². The Labute approximate surface area is 204 Å². The first-order valence-corrected chi connectivity index (χ1v) is 14.1. The average Bonchev–Trinajstić information content (AvgIpc) is 3.37. The topological polar surface area (TPSA) is 102 Å². The zero-order valence-electron chi connectivity index (χ0n) is 19.7. The third-order valence-corrected chi connectivity index (χ3v) is 8.42. The minimum atomic E-state index is -3.11. The number of ether oxygens (including phenoxy) is 1. The molecule has 2 aliphatic rings. The average molecular weight is 503 g/mol. The predicted molar refractivity (Wildman–Crippen MR) is 132 cm³/mol. The Morgan fingerprint density at radius 2 is 2.00 bits per heavy atom. The summed E-state index contributed by atoms with van der Waals surface area (Å²) in [5, 5.41) is 3.72. The molecule has 0 radical (unpaired) electrons. The van der Waals surface area contributed by atoms with E-state index in [4.69, 9.17) is 4.74 Å². The molecular weight excluding hydrogens is 471 g/mol. The normalized spacial score (nSPS) is 20.7. The third-order valence-electron chi connectivity index (χ3n) is 6.60. The number of imidazole rings is 1. The van der Waals surface area contributed by atoms with Crippen LogP contribution in [0.15, 0.2) is 30.9 Å². The van der Waals surface area contributed by atoms with Crippen LogP contribution in [0.5, 0.6) is 5.75 Å². The van der Waals surface area contributed by atoms with Crippen LogP contribution < -0.4 is 10.1 Å². The van der Waals surface area contributed by atoms with Crippen molar-refractivity contribution in [2.24, 2.45) is 0 Å². The van der Waals surface area contributed by atoms with Gasteiger partial charge in [0.1, 0.15) is 12.1 Å². The first kappa shape index (κ1) is 23.9. The molecule has 2 aromatic heterocycles. The van der Waals surface area contributed by atoms with Crippen molar-refractivity contribution >= 4 is 26.6 Å². The number of rotatable bonds is 8. The fraction of sp³-hybridized carbons (Fsp3) is 0.542. The summed E-state index contributed by atoms with van der Waals surface area (Å²) in [6, 6.07) is 2.67. The molecule has 0 bridgehead atoms. The third kappa shape index (κ3) is 5.90. The van der Waals surface area contributed by atoms with E-state index in [1.165, 1.54) is 25.3 Å². The van der Waals surface area contributed by atoms with Crippen LogP contribution in [0.25, 0.3) is 16.9 Å². The number of anilines is 1. The maximum Gasteiger partial charge on any atom is 0.237 e. The van der Waals surface area contributed by atoms with Gasteiger partial charge in [-0.15, -0.1) is 0 Å². The fourth-order valence-corrected chi connectivity index (χ4v) is 6.45. The molecule has 1 aromatic carbocycles. The smallest absolute Gasteiger partial charge is 0.237 e. The predicted octanol–water partition coefficient (Wildman–Crippen LogP) is 3.20. The summed E-state index contributed by atoms with van der Waals surface area (Å²) in [5.41, 5.74) is 0.511. The quantitative estimate of drug-likeness (QED) is 0.469. The maximum atomic E-state index is 15.0. The lowest BCUT2D eigenvalue weighted by molar-refractivity contribution is 0.203. The highest BCUT2D eigenvalue weighted by molar-refractivity contribution is 7.91. The second kappa shape index (κ2) is 10.4. The van der Waals surface area contributed by atoms with Crippen LogP contribution in [0.2, 0.25) is 0 Å². The molecule has 0 spiro atoms. The summed E-state index contributed by atoms with van der Waals surface area (Å²) >= 11 is 0. The summed E-state index contributed by atoms with van der Waals surface area (Å²) in [7, 11) is -3.11. The van der Waals surface area contributed by atoms with Crippen molar-refractivity contribution in [2.45, 2.75) is 44.6 Å². The number of hydrogen-bond donors (Lipinski definition) is 1. The van der Waals surface area contributed by atoms with Gasteiger partial charge in [0, 0.05) is 36.4 Å². The Balaban J connectivity index is 1.38. The van der Waals surface area contributed by atoms with E-state index in [9.17, 15) is 8.42 Å². The van der Waals surface area contributed by atoms with Crippen LogP contribution in [0.3, 0.4) is 0 Å². The number of sulfone groups is 1. The molecule has 5 rings (SSSR count). The number of hydrogen-bond acceptors (Lipinski definition) is 8. The molecule has 0 saturated carbocycles. The van der Waals surface area contributed by atoms with Crippen molar-refractivity contribution in [1.82, 2.24) is 24.4 Å². The highest BCUT2D eigenvalue weighted by atomic mass is 32.2. The van der Waals surface area contributed by atoms with Crippen LogP contribution in [0.1, 0.15) is 38.5 Å². The van der Waals surface area contributed by atoms with Gasteiger partial charge in [0.05, 0.1) is 23.6 Å². The van der Waals surface area contributed by atoms with Crippen molar-refractivity contribution in [3.63, 3.8) is 0 Å². The van der Waals surface area contributed by atoms with E-state index in [1.54, 1.807) is 29.4 Å². The molecule has 35 heavy (non-hydrogen) atoms. The molecule has 4 heterocycles. The van der Waals surface area contributed by atoms with Crippen LogP contribution in [0, 0.1) is 5.82 Å². The minimum Gasteiger partial charge on any atom is -0.490 e. The monoisotopic (exact) mass is 502 g/mol. The summed E-state index contributed by atoms with van der Waals surface area (Å²) in [6.07, 6.45) is 10.8. The van der Waals surface area contributed by atoms with Crippen LogP contribution in [-0.4, -0.2) is 76.6 Å². The van der Waals surface area contributed by atoms with Gasteiger partial charge in [0.25, 0.3) is 0 Å². The van der Waals surface area contributed by atoms with Gasteiger partial charge in [-0.3, -0.25) is 4.57 Å². The van der Waals surface area contributed by atoms with Gasteiger partial charge in [-0.2, -0.15) is 4.98 Å². The maximum absolute atomic E-state index is 15.0. The SMILES string of the molecule is O=S1(=O)CCCC(Nc2nc(-n3ccnc3)nc3cc(OCCCN4CCCCC4)c(F)cc23)C1. The van der Waals surface area contributed by atoms with Gasteiger partial charge < -0.3 is 15.0 Å². The lowest BCUT2D eigenvalue weighted by atomic mass is 10.1. The lowest BCUT2D eigenvalue weighted by Crippen LogP contribution is -2.35. The van der Waals surface area contributed by atoms with Crippen LogP contribution in [-0.2, 0) is 9.84 Å². The van der Waals surface area contributed by atoms with E-state index in [2.05, 4.69) is 25.2 Å². The zero-order chi connectivity index (χ0) is 24.3. The first-order valence-electron chi connectivity index (χ1n) is 12.3. The molecule has 11 heteroatoms. The Morgan fingerprint density at radius 3 is 2.77 bits per heavy atom. The van der Waals surface area contributed by atoms with Gasteiger partial charge in [-0.05, 0) is 51.3 Å². The van der Waals surface area contributed by atoms with Crippen molar-refractivity contribution in [2.75, 3.05) is 43.1 Å². The van der Waals surface area contributed by atoms with E-state index < -0.39 is 15.7 Å². The summed E-state index contributed by atoms with van der Waals surface area (Å²) in [5.74, 6) is 0.643. The van der Waals surface area contributed by atoms with Crippen LogP contribution >= 0.6 is 0 Å². The van der Waals surface area contributed by atoms with Gasteiger partial charge in [0.15, 0.2) is 21.4 Å². The highest BCUT2D eigenvalue weighted by Crippen LogP contribution is 2.30. The number of nitrogens with one attached hydrogen (secondary N) is 1. The Kier molecular flexibility index (Phi) is 7.14. The standard InChI is InChI=1S/C24H31FN6O3S/c25-20-14-19-21(15-22(20)34-12-5-10-30-8-2-1-3-9-30)28-24(31-11-7-26-17-31)29-23(19)27-18-6-4-13-35(32,33)16-18/h7,11,14-15,17-18H,1-6,8-10,12-13,16H2,(H,27,28,29). The van der Waals surface area contributed by atoms with E-state index in [0.717, 1.165) is 26.1 Å². The zero-order valence-corrected chi connectivity index (χ0v) is 20.5. The van der Waals surface area contributed by atoms with Gasteiger partial charge >= 0.3 is 0 Å². The number of likely N-dealkylation sites (tertiary alicyclic amines) is 1. The number of aromatic nitrogens is 4. The van der Waals surface area contributed by atoms with Crippen molar-refractivity contribution in [3.05, 3.63) is 36.7 Å². The largest absolute Gasteiger partial charge is 0.490 e. The van der Waals surface area contributed by atoms with E-state index >= 15 is 4.39 Å². The molecule has 1 N–H and O–H groups in total. The molecule has 1 atom stereocenters. The van der Waals surface area contributed by atoms with E-state index in [1.807, 2.05) is 0 Å². The molecule has 2 aliphatic heterocycles. The number of halogens is 1. The molecule has 188 valence electrons. The molecule has 0 amide bonds. The molecule has 1 unspecified atom stereocenters. The Bertz CT molecular complexity index is 1260. The van der Waals surface area contributed by atoms with Crippen molar-refractivity contribution in [1.29, 1.82) is 0 Å². The number of benzene rings is 1. The molecule has 3 aromatic rings. The molecular formula is C24H31FN6O3S. The first-order chi connectivity index (χ1) is 17.0. The number of fused-ring (bicyclic) bond motifs is 1. The Hall–Kier alpha value is -2.79. The van der Waals surface area contributed by atoms with Gasteiger partial charge in [0.2, 0.25) is 5.95 Å². The molecule has 2 fully saturated rings. The second-order valence-electron chi connectivity index (χ2n) is 9.34. The summed E-state index contributed by atoms with van der Waals surface area (Å²) in [6.45, 7) is 3.61. The van der Waals surface area contributed by atoms with E-state index in [0.29, 0.717) is 42.1 Å².